The second-order valence-corrected chi connectivity index (χ2v) is 5.32. The Labute approximate surface area is 121 Å². The Morgan fingerprint density at radius 2 is 1.68 bits per heavy atom. The lowest BCUT2D eigenvalue weighted by atomic mass is 9.95. The fraction of sp³-hybridized carbons (Fsp3) is 0.200. The molecule has 1 unspecified atom stereocenters. The SMILES string of the molecule is Cc1cc(C(O)c2cccc(Cl)c2F)c(C)cc1Cl. The Kier molecular flexibility index (Phi) is 4.14. The lowest BCUT2D eigenvalue weighted by Gasteiger charge is -2.17. The van der Waals surface area contributed by atoms with E-state index in [-0.39, 0.29) is 10.6 Å². The molecule has 4 heteroatoms. The van der Waals surface area contributed by atoms with Gasteiger partial charge in [0, 0.05) is 10.6 Å². The van der Waals surface area contributed by atoms with Gasteiger partial charge in [-0.2, -0.15) is 0 Å². The summed E-state index contributed by atoms with van der Waals surface area (Å²) in [6.07, 6.45) is -1.06. The van der Waals surface area contributed by atoms with Crippen LogP contribution in [-0.4, -0.2) is 5.11 Å². The van der Waals surface area contributed by atoms with E-state index in [1.165, 1.54) is 12.1 Å². The van der Waals surface area contributed by atoms with Crippen LogP contribution in [0.2, 0.25) is 10.0 Å². The predicted octanol–water partition coefficient (Wildman–Crippen LogP) is 4.83. The molecule has 0 aromatic heterocycles. The first-order chi connectivity index (χ1) is 8.91. The third kappa shape index (κ3) is 2.76. The summed E-state index contributed by atoms with van der Waals surface area (Å²) < 4.78 is 13.9. The van der Waals surface area contributed by atoms with Gasteiger partial charge in [0.2, 0.25) is 0 Å². The average Bonchev–Trinajstić information content (AvgIpc) is 2.36. The highest BCUT2D eigenvalue weighted by atomic mass is 35.5. The van der Waals surface area contributed by atoms with E-state index in [1.54, 1.807) is 18.2 Å². The highest BCUT2D eigenvalue weighted by Crippen LogP contribution is 2.32. The molecule has 0 aliphatic heterocycles. The molecule has 0 spiro atoms. The number of aryl methyl sites for hydroxylation is 2. The summed E-state index contributed by atoms with van der Waals surface area (Å²) in [7, 11) is 0. The molecule has 0 aliphatic carbocycles. The summed E-state index contributed by atoms with van der Waals surface area (Å²) in [6.45, 7) is 3.67. The summed E-state index contributed by atoms with van der Waals surface area (Å²) in [6, 6.07) is 8.12. The zero-order chi connectivity index (χ0) is 14.2. The minimum absolute atomic E-state index is 0.000103. The van der Waals surface area contributed by atoms with E-state index in [9.17, 15) is 9.50 Å². The molecule has 1 N–H and O–H groups in total. The molecule has 0 saturated heterocycles. The molecule has 0 fully saturated rings. The second kappa shape index (κ2) is 5.49. The maximum atomic E-state index is 13.9. The van der Waals surface area contributed by atoms with Crippen molar-refractivity contribution < 1.29 is 9.50 Å². The van der Waals surface area contributed by atoms with Crippen LogP contribution in [0.15, 0.2) is 30.3 Å². The van der Waals surface area contributed by atoms with E-state index in [0.717, 1.165) is 11.1 Å². The number of aliphatic hydroxyl groups is 1. The number of hydrogen-bond acceptors (Lipinski definition) is 1. The standard InChI is InChI=1S/C15H13Cl2FO/c1-8-7-13(17)9(2)6-11(8)15(19)10-4-3-5-12(16)14(10)18/h3-7,15,19H,1-2H3. The van der Waals surface area contributed by atoms with Crippen LogP contribution in [0.4, 0.5) is 4.39 Å². The first-order valence-electron chi connectivity index (χ1n) is 5.80. The summed E-state index contributed by atoms with van der Waals surface area (Å²) in [5.41, 5.74) is 2.44. The first-order valence-corrected chi connectivity index (χ1v) is 6.56. The van der Waals surface area contributed by atoms with E-state index in [1.807, 2.05) is 13.8 Å². The highest BCUT2D eigenvalue weighted by Gasteiger charge is 2.19. The van der Waals surface area contributed by atoms with Crippen LogP contribution in [0.1, 0.15) is 28.4 Å². The van der Waals surface area contributed by atoms with Crippen molar-refractivity contribution in [2.24, 2.45) is 0 Å². The quantitative estimate of drug-likeness (QED) is 0.842. The van der Waals surface area contributed by atoms with Gasteiger partial charge < -0.3 is 5.11 Å². The highest BCUT2D eigenvalue weighted by molar-refractivity contribution is 6.31. The molecule has 0 aliphatic rings. The van der Waals surface area contributed by atoms with Crippen LogP contribution in [0.3, 0.4) is 0 Å². The van der Waals surface area contributed by atoms with Crippen molar-refractivity contribution in [3.05, 3.63) is 68.4 Å². The zero-order valence-electron chi connectivity index (χ0n) is 10.5. The van der Waals surface area contributed by atoms with E-state index < -0.39 is 11.9 Å². The normalized spacial score (nSPS) is 12.5. The van der Waals surface area contributed by atoms with Gasteiger partial charge in [0.25, 0.3) is 0 Å². The number of hydrogen-bond donors (Lipinski definition) is 1. The van der Waals surface area contributed by atoms with Crippen LogP contribution in [0, 0.1) is 19.7 Å². The minimum atomic E-state index is -1.06. The Bertz CT molecular complexity index is 626. The lowest BCUT2D eigenvalue weighted by Crippen LogP contribution is -2.05. The van der Waals surface area contributed by atoms with Crippen molar-refractivity contribution in [1.82, 2.24) is 0 Å². The number of aliphatic hydroxyl groups excluding tert-OH is 1. The van der Waals surface area contributed by atoms with Crippen molar-refractivity contribution in [3.8, 4) is 0 Å². The van der Waals surface area contributed by atoms with Crippen LogP contribution >= 0.6 is 23.2 Å². The van der Waals surface area contributed by atoms with Crippen LogP contribution in [0.5, 0.6) is 0 Å². The third-order valence-electron chi connectivity index (χ3n) is 3.12. The van der Waals surface area contributed by atoms with Gasteiger partial charge in [-0.25, -0.2) is 4.39 Å². The van der Waals surface area contributed by atoms with Gasteiger partial charge in [-0.05, 0) is 42.7 Å². The Morgan fingerprint density at radius 3 is 2.37 bits per heavy atom. The molecule has 0 bridgehead atoms. The third-order valence-corrected chi connectivity index (χ3v) is 3.82. The molecule has 0 heterocycles. The predicted molar refractivity (Wildman–Crippen MR) is 76.4 cm³/mol. The van der Waals surface area contributed by atoms with Gasteiger partial charge in [-0.15, -0.1) is 0 Å². The number of halogens is 3. The van der Waals surface area contributed by atoms with Crippen LogP contribution in [0.25, 0.3) is 0 Å². The smallest absolute Gasteiger partial charge is 0.147 e. The van der Waals surface area contributed by atoms with Crippen LogP contribution < -0.4 is 0 Å². The minimum Gasteiger partial charge on any atom is -0.384 e. The second-order valence-electron chi connectivity index (χ2n) is 4.50. The van der Waals surface area contributed by atoms with E-state index >= 15 is 0 Å². The molecule has 2 aromatic carbocycles. The Hall–Kier alpha value is -1.09. The van der Waals surface area contributed by atoms with Crippen molar-refractivity contribution in [2.75, 3.05) is 0 Å². The summed E-state index contributed by atoms with van der Waals surface area (Å²) in [5, 5.41) is 11.0. The van der Waals surface area contributed by atoms with Crippen molar-refractivity contribution in [2.45, 2.75) is 20.0 Å². The number of rotatable bonds is 2. The van der Waals surface area contributed by atoms with E-state index in [2.05, 4.69) is 0 Å². The molecule has 0 saturated carbocycles. The molecule has 100 valence electrons. The van der Waals surface area contributed by atoms with Gasteiger partial charge in [0.1, 0.15) is 11.9 Å². The van der Waals surface area contributed by atoms with Gasteiger partial charge in [0.15, 0.2) is 0 Å². The molecular weight excluding hydrogens is 286 g/mol. The van der Waals surface area contributed by atoms with E-state index in [4.69, 9.17) is 23.2 Å². The fourth-order valence-corrected chi connectivity index (χ4v) is 2.40. The van der Waals surface area contributed by atoms with Gasteiger partial charge in [-0.3, -0.25) is 0 Å². The molecule has 1 atom stereocenters. The zero-order valence-corrected chi connectivity index (χ0v) is 12.1. The lowest BCUT2D eigenvalue weighted by molar-refractivity contribution is 0.214. The summed E-state index contributed by atoms with van der Waals surface area (Å²) in [4.78, 5) is 0. The largest absolute Gasteiger partial charge is 0.384 e. The molecule has 2 aromatic rings. The first kappa shape index (κ1) is 14.3. The molecule has 2 rings (SSSR count). The monoisotopic (exact) mass is 298 g/mol. The van der Waals surface area contributed by atoms with Gasteiger partial charge in [-0.1, -0.05) is 41.4 Å². The molecule has 0 radical (unpaired) electrons. The van der Waals surface area contributed by atoms with Crippen molar-refractivity contribution in [3.63, 3.8) is 0 Å². The number of benzene rings is 2. The van der Waals surface area contributed by atoms with Gasteiger partial charge >= 0.3 is 0 Å². The molecule has 1 nitrogen and oxygen atoms in total. The maximum Gasteiger partial charge on any atom is 0.147 e. The average molecular weight is 299 g/mol. The molecule has 0 amide bonds. The van der Waals surface area contributed by atoms with Crippen LogP contribution in [-0.2, 0) is 0 Å². The Balaban J connectivity index is 2.53. The van der Waals surface area contributed by atoms with Crippen molar-refractivity contribution in [1.29, 1.82) is 0 Å². The summed E-state index contributed by atoms with van der Waals surface area (Å²) >= 11 is 11.8. The molecular formula is C15H13Cl2FO. The van der Waals surface area contributed by atoms with Gasteiger partial charge in [0.05, 0.1) is 5.02 Å². The topological polar surface area (TPSA) is 20.2 Å². The fourth-order valence-electron chi connectivity index (χ4n) is 2.00. The summed E-state index contributed by atoms with van der Waals surface area (Å²) in [5.74, 6) is -0.594. The molecule has 19 heavy (non-hydrogen) atoms. The van der Waals surface area contributed by atoms with Crippen molar-refractivity contribution >= 4 is 23.2 Å². The maximum absolute atomic E-state index is 13.9. The Morgan fingerprint density at radius 1 is 1.00 bits per heavy atom. The van der Waals surface area contributed by atoms with E-state index in [0.29, 0.717) is 10.6 Å².